The number of carboxylic acid groups (broad SMARTS) is 1. The molecule has 0 saturated carbocycles. The summed E-state index contributed by atoms with van der Waals surface area (Å²) in [4.78, 5) is 10.1. The van der Waals surface area contributed by atoms with E-state index in [2.05, 4.69) is 15.9 Å². The summed E-state index contributed by atoms with van der Waals surface area (Å²) >= 11 is 3.08. The molecule has 0 radical (unpaired) electrons. The number of benzene rings is 3. The van der Waals surface area contributed by atoms with Crippen molar-refractivity contribution in [2.45, 2.75) is 17.2 Å². The molecule has 0 saturated heterocycles. The third-order valence-electron chi connectivity index (χ3n) is 4.39. The zero-order valence-corrected chi connectivity index (χ0v) is 19.3. The van der Waals surface area contributed by atoms with Crippen molar-refractivity contribution in [3.8, 4) is 11.5 Å². The zero-order chi connectivity index (χ0) is 26.2. The average molecular weight is 584 g/mol. The van der Waals surface area contributed by atoms with Gasteiger partial charge in [-0.2, -0.15) is 26.3 Å². The molecule has 35 heavy (non-hydrogen) atoms. The molecule has 2 N–H and O–H groups in total. The highest BCUT2D eigenvalue weighted by Crippen LogP contribution is 2.39. The number of halogens is 7. The molecule has 0 aromatic heterocycles. The Hall–Kier alpha value is -3.26. The van der Waals surface area contributed by atoms with Crippen LogP contribution in [0.1, 0.15) is 21.5 Å². The lowest BCUT2D eigenvalue weighted by molar-refractivity contribution is -0.143. The molecule has 0 heterocycles. The van der Waals surface area contributed by atoms with Gasteiger partial charge in [0.1, 0.15) is 11.3 Å². The predicted molar refractivity (Wildman–Crippen MR) is 115 cm³/mol. The number of hydrogen-bond acceptors (Lipinski definition) is 4. The molecule has 0 aliphatic carbocycles. The van der Waals surface area contributed by atoms with Crippen molar-refractivity contribution in [2.24, 2.45) is 0 Å². The van der Waals surface area contributed by atoms with Crippen LogP contribution < -0.4 is 9.46 Å². The number of rotatable bonds is 6. The Labute approximate surface area is 202 Å². The highest BCUT2D eigenvalue weighted by molar-refractivity contribution is 9.10. The number of hydrogen-bond donors (Lipinski definition) is 2. The summed E-state index contributed by atoms with van der Waals surface area (Å²) in [6.07, 6.45) is -10.5. The number of ether oxygens (including phenoxy) is 1. The van der Waals surface area contributed by atoms with Gasteiger partial charge >= 0.3 is 18.3 Å². The van der Waals surface area contributed by atoms with E-state index in [-0.39, 0.29) is 45.4 Å². The van der Waals surface area contributed by atoms with Crippen LogP contribution in [0, 0.1) is 0 Å². The van der Waals surface area contributed by atoms with Crippen LogP contribution in [0.3, 0.4) is 0 Å². The first-order valence-corrected chi connectivity index (χ1v) is 11.5. The molecule has 0 aliphatic rings. The zero-order valence-electron chi connectivity index (χ0n) is 16.9. The van der Waals surface area contributed by atoms with E-state index in [0.717, 1.165) is 6.07 Å². The van der Waals surface area contributed by atoms with Crippen molar-refractivity contribution in [1.29, 1.82) is 0 Å². The number of sulfonamides is 1. The number of carboxylic acids is 1. The molecule has 3 rings (SSSR count). The van der Waals surface area contributed by atoms with E-state index in [0.29, 0.717) is 0 Å². The summed E-state index contributed by atoms with van der Waals surface area (Å²) in [6.45, 7) is 0. The van der Waals surface area contributed by atoms with E-state index in [1.54, 1.807) is 0 Å². The van der Waals surface area contributed by atoms with E-state index in [4.69, 9.17) is 4.74 Å². The molecular formula is C21H12BrF6NO5S. The smallest absolute Gasteiger partial charge is 0.416 e. The van der Waals surface area contributed by atoms with Crippen molar-refractivity contribution in [3.63, 3.8) is 0 Å². The fraction of sp³-hybridized carbons (Fsp3) is 0.0952. The van der Waals surface area contributed by atoms with Crippen molar-refractivity contribution < 1.29 is 49.4 Å². The Morgan fingerprint density at radius 3 is 1.97 bits per heavy atom. The molecule has 0 amide bonds. The summed E-state index contributed by atoms with van der Waals surface area (Å²) in [5.74, 6) is -1.82. The molecule has 0 spiro atoms. The van der Waals surface area contributed by atoms with Crippen LogP contribution in [0.5, 0.6) is 11.5 Å². The van der Waals surface area contributed by atoms with Crippen LogP contribution in [0.2, 0.25) is 0 Å². The minimum atomic E-state index is -5.25. The monoisotopic (exact) mass is 583 g/mol. The van der Waals surface area contributed by atoms with Gasteiger partial charge in [-0.15, -0.1) is 0 Å². The summed E-state index contributed by atoms with van der Waals surface area (Å²) in [5.41, 5.74) is -4.29. The first-order chi connectivity index (χ1) is 16.1. The van der Waals surface area contributed by atoms with Crippen LogP contribution in [0.25, 0.3) is 0 Å². The van der Waals surface area contributed by atoms with Crippen molar-refractivity contribution in [1.82, 2.24) is 0 Å². The average Bonchev–Trinajstić information content (AvgIpc) is 2.74. The predicted octanol–water partition coefficient (Wildman–Crippen LogP) is 6.78. The van der Waals surface area contributed by atoms with E-state index >= 15 is 0 Å². The summed E-state index contributed by atoms with van der Waals surface area (Å²) in [7, 11) is -5.00. The Balaban J connectivity index is 2.08. The number of para-hydroxylation sites is 1. The van der Waals surface area contributed by atoms with Crippen LogP contribution >= 0.6 is 15.9 Å². The fourth-order valence-corrected chi connectivity index (χ4v) is 4.30. The Morgan fingerprint density at radius 2 is 1.43 bits per heavy atom. The molecule has 14 heteroatoms. The third kappa shape index (κ3) is 6.25. The van der Waals surface area contributed by atoms with Gasteiger partial charge in [-0.05, 0) is 48.5 Å². The second-order valence-corrected chi connectivity index (χ2v) is 9.49. The second-order valence-electron chi connectivity index (χ2n) is 6.89. The van der Waals surface area contributed by atoms with Gasteiger partial charge in [-0.1, -0.05) is 28.1 Å². The third-order valence-corrected chi connectivity index (χ3v) is 6.23. The topological polar surface area (TPSA) is 92.7 Å². The number of nitrogens with one attached hydrogen (secondary N) is 1. The Bertz CT molecular complexity index is 1360. The minimum absolute atomic E-state index is 0.0653. The molecule has 6 nitrogen and oxygen atoms in total. The normalized spacial score (nSPS) is 12.3. The lowest BCUT2D eigenvalue weighted by Gasteiger charge is -2.17. The van der Waals surface area contributed by atoms with Gasteiger partial charge in [0.05, 0.1) is 21.7 Å². The molecular weight excluding hydrogens is 572 g/mol. The van der Waals surface area contributed by atoms with Gasteiger partial charge in [0.15, 0.2) is 5.75 Å². The van der Waals surface area contributed by atoms with Gasteiger partial charge in [-0.25, -0.2) is 13.2 Å². The fourth-order valence-electron chi connectivity index (χ4n) is 2.81. The van der Waals surface area contributed by atoms with E-state index in [1.807, 2.05) is 4.72 Å². The molecule has 3 aromatic carbocycles. The van der Waals surface area contributed by atoms with Gasteiger partial charge in [0, 0.05) is 4.47 Å². The molecule has 186 valence electrons. The highest BCUT2D eigenvalue weighted by Gasteiger charge is 2.38. The maximum Gasteiger partial charge on any atom is 0.416 e. The van der Waals surface area contributed by atoms with Crippen LogP contribution in [0.15, 0.2) is 70.0 Å². The van der Waals surface area contributed by atoms with Crippen molar-refractivity contribution in [2.75, 3.05) is 4.72 Å². The van der Waals surface area contributed by atoms with E-state index in [1.165, 1.54) is 36.4 Å². The molecule has 0 fully saturated rings. The van der Waals surface area contributed by atoms with E-state index in [9.17, 15) is 44.7 Å². The summed E-state index contributed by atoms with van der Waals surface area (Å²) in [5, 5.41) is 9.29. The minimum Gasteiger partial charge on any atom is -0.478 e. The lowest BCUT2D eigenvalue weighted by Crippen LogP contribution is -2.18. The first-order valence-electron chi connectivity index (χ1n) is 9.20. The molecule has 0 aliphatic heterocycles. The lowest BCUT2D eigenvalue weighted by atomic mass is 10.1. The van der Waals surface area contributed by atoms with Crippen LogP contribution in [0.4, 0.5) is 32.0 Å². The van der Waals surface area contributed by atoms with Gasteiger partial charge in [0.25, 0.3) is 10.0 Å². The maximum absolute atomic E-state index is 13.2. The number of aromatic carboxylic acids is 1. The van der Waals surface area contributed by atoms with Gasteiger partial charge < -0.3 is 9.84 Å². The largest absolute Gasteiger partial charge is 0.478 e. The molecule has 3 aromatic rings. The quantitative estimate of drug-likeness (QED) is 0.312. The van der Waals surface area contributed by atoms with Crippen molar-refractivity contribution >= 4 is 37.6 Å². The Morgan fingerprint density at radius 1 is 0.857 bits per heavy atom. The molecule has 0 atom stereocenters. The van der Waals surface area contributed by atoms with Gasteiger partial charge in [0.2, 0.25) is 0 Å². The number of anilines is 1. The van der Waals surface area contributed by atoms with E-state index < -0.39 is 44.4 Å². The maximum atomic E-state index is 13.2. The number of alkyl halides is 6. The Kier molecular flexibility index (Phi) is 7.09. The van der Waals surface area contributed by atoms with Crippen LogP contribution in [-0.2, 0) is 22.4 Å². The van der Waals surface area contributed by atoms with Crippen LogP contribution in [-0.4, -0.2) is 19.5 Å². The first kappa shape index (κ1) is 26.3. The molecule has 0 unspecified atom stereocenters. The van der Waals surface area contributed by atoms with Gasteiger partial charge in [-0.3, -0.25) is 4.72 Å². The highest BCUT2D eigenvalue weighted by atomic mass is 79.9. The number of carbonyl (C=O) groups is 1. The van der Waals surface area contributed by atoms with Crippen molar-refractivity contribution in [3.05, 3.63) is 81.8 Å². The second kappa shape index (κ2) is 9.41. The summed E-state index contributed by atoms with van der Waals surface area (Å²) in [6, 6.07) is 9.00. The molecule has 0 bridgehead atoms. The SMILES string of the molecule is O=C(O)c1ccccc1Oc1ccc(Br)cc1NS(=O)(=O)c1cc(C(F)(F)F)cc(C(F)(F)F)c1. The standard InChI is InChI=1S/C21H12BrF6NO5S/c22-13-5-6-18(34-17-4-2-1-3-15(17)19(30)31)16(10-13)29-35(32,33)14-8-11(20(23,24)25)7-12(9-14)21(26,27)28/h1-10,29H,(H,30,31). The summed E-state index contributed by atoms with van der Waals surface area (Å²) < 4.78 is 112.